The minimum absolute atomic E-state index is 0.00315. The number of thioether (sulfide) groups is 1. The lowest BCUT2D eigenvalue weighted by atomic mass is 10.1. The number of aryl methyl sites for hydroxylation is 2. The highest BCUT2D eigenvalue weighted by Gasteiger charge is 2.27. The van der Waals surface area contributed by atoms with Crippen LogP contribution in [0, 0.1) is 13.8 Å². The smallest absolute Gasteiger partial charge is 0.240 e. The maximum absolute atomic E-state index is 11.9. The summed E-state index contributed by atoms with van der Waals surface area (Å²) in [5.41, 5.74) is 8.94. The highest BCUT2D eigenvalue weighted by atomic mass is 32.2. The van der Waals surface area contributed by atoms with Crippen molar-refractivity contribution in [3.63, 3.8) is 0 Å². The van der Waals surface area contributed by atoms with E-state index >= 15 is 0 Å². The van der Waals surface area contributed by atoms with Gasteiger partial charge in [0.15, 0.2) is 0 Å². The van der Waals surface area contributed by atoms with Gasteiger partial charge in [-0.15, -0.1) is 11.8 Å². The summed E-state index contributed by atoms with van der Waals surface area (Å²) in [6, 6.07) is 4.24. The van der Waals surface area contributed by atoms with Crippen molar-refractivity contribution in [3.05, 3.63) is 23.3 Å². The topological polar surface area (TPSA) is 46.3 Å². The van der Waals surface area contributed by atoms with Crippen LogP contribution in [0.4, 0.5) is 5.69 Å². The van der Waals surface area contributed by atoms with Gasteiger partial charge in [0.1, 0.15) is 0 Å². The van der Waals surface area contributed by atoms with E-state index in [4.69, 9.17) is 5.73 Å². The Morgan fingerprint density at radius 1 is 1.53 bits per heavy atom. The van der Waals surface area contributed by atoms with E-state index in [2.05, 4.69) is 32.9 Å². The van der Waals surface area contributed by atoms with Crippen molar-refractivity contribution in [1.82, 2.24) is 0 Å². The summed E-state index contributed by atoms with van der Waals surface area (Å²) >= 11 is 1.84. The van der Waals surface area contributed by atoms with Crippen LogP contribution in [-0.4, -0.2) is 24.2 Å². The highest BCUT2D eigenvalue weighted by Crippen LogP contribution is 2.41. The molecule has 0 spiro atoms. The molecule has 2 N–H and O–H groups in total. The first-order valence-corrected chi connectivity index (χ1v) is 6.69. The molecule has 1 aliphatic heterocycles. The van der Waals surface area contributed by atoms with Crippen molar-refractivity contribution in [1.29, 1.82) is 0 Å². The van der Waals surface area contributed by atoms with Crippen LogP contribution in [-0.2, 0) is 4.79 Å². The van der Waals surface area contributed by atoms with E-state index in [0.29, 0.717) is 5.25 Å². The average Bonchev–Trinajstić information content (AvgIpc) is 2.28. The van der Waals surface area contributed by atoms with E-state index in [0.717, 1.165) is 12.2 Å². The minimum Gasteiger partial charge on any atom is -0.322 e. The summed E-state index contributed by atoms with van der Waals surface area (Å²) in [7, 11) is 0. The lowest BCUT2D eigenvalue weighted by Crippen LogP contribution is -2.42. The van der Waals surface area contributed by atoms with Gasteiger partial charge in [0.2, 0.25) is 5.91 Å². The van der Waals surface area contributed by atoms with Crippen molar-refractivity contribution in [2.24, 2.45) is 5.73 Å². The molecule has 0 aromatic heterocycles. The predicted octanol–water partition coefficient (Wildman–Crippen LogP) is 2.09. The highest BCUT2D eigenvalue weighted by molar-refractivity contribution is 8.00. The number of nitrogens with two attached hydrogens (primary N) is 1. The summed E-state index contributed by atoms with van der Waals surface area (Å²) in [5.74, 6) is 0.00315. The number of carbonyl (C=O) groups excluding carboxylic acids is 1. The number of carbonyl (C=O) groups is 1. The van der Waals surface area contributed by atoms with Crippen molar-refractivity contribution in [2.45, 2.75) is 30.9 Å². The molecule has 92 valence electrons. The number of fused-ring (bicyclic) bond motifs is 1. The zero-order valence-electron chi connectivity index (χ0n) is 10.5. The molecule has 3 nitrogen and oxygen atoms in total. The van der Waals surface area contributed by atoms with E-state index in [1.165, 1.54) is 16.0 Å². The van der Waals surface area contributed by atoms with E-state index < -0.39 is 0 Å². The zero-order chi connectivity index (χ0) is 12.6. The molecule has 0 saturated carbocycles. The Balaban J connectivity index is 2.52. The van der Waals surface area contributed by atoms with Gasteiger partial charge in [0, 0.05) is 16.7 Å². The Hall–Kier alpha value is -1.000. The zero-order valence-corrected chi connectivity index (χ0v) is 11.3. The van der Waals surface area contributed by atoms with Gasteiger partial charge in [-0.05, 0) is 31.0 Å². The van der Waals surface area contributed by atoms with Gasteiger partial charge in [0.05, 0.1) is 12.2 Å². The summed E-state index contributed by atoms with van der Waals surface area (Å²) in [6.45, 7) is 7.12. The Labute approximate surface area is 106 Å². The SMILES string of the molecule is Cc1cc(C)c2c(c1)N(C(=O)CN)CC(C)S2. The number of benzene rings is 1. The number of rotatable bonds is 1. The molecule has 0 fully saturated rings. The van der Waals surface area contributed by atoms with Gasteiger partial charge in [-0.3, -0.25) is 4.79 Å². The molecule has 4 heteroatoms. The second-order valence-electron chi connectivity index (χ2n) is 4.57. The maximum atomic E-state index is 11.9. The number of hydrogen-bond acceptors (Lipinski definition) is 3. The molecule has 1 aliphatic rings. The second kappa shape index (κ2) is 4.70. The number of nitrogens with zero attached hydrogens (tertiary/aromatic N) is 1. The first-order chi connectivity index (χ1) is 8.02. The van der Waals surface area contributed by atoms with Crippen LogP contribution in [0.5, 0.6) is 0 Å². The van der Waals surface area contributed by atoms with Gasteiger partial charge in [-0.25, -0.2) is 0 Å². The van der Waals surface area contributed by atoms with E-state index in [1.54, 1.807) is 0 Å². The third-order valence-corrected chi connectivity index (χ3v) is 4.24. The van der Waals surface area contributed by atoms with Gasteiger partial charge in [-0.1, -0.05) is 13.0 Å². The lowest BCUT2D eigenvalue weighted by Gasteiger charge is -2.33. The van der Waals surface area contributed by atoms with Crippen molar-refractivity contribution in [2.75, 3.05) is 18.0 Å². The maximum Gasteiger partial charge on any atom is 0.240 e. The first-order valence-electron chi connectivity index (χ1n) is 5.81. The molecular weight excluding hydrogens is 232 g/mol. The van der Waals surface area contributed by atoms with E-state index in [-0.39, 0.29) is 12.5 Å². The van der Waals surface area contributed by atoms with Crippen LogP contribution in [0.1, 0.15) is 18.1 Å². The van der Waals surface area contributed by atoms with Crippen LogP contribution in [0.15, 0.2) is 17.0 Å². The fraction of sp³-hybridized carbons (Fsp3) is 0.462. The van der Waals surface area contributed by atoms with Crippen molar-refractivity contribution in [3.8, 4) is 0 Å². The van der Waals surface area contributed by atoms with Crippen LogP contribution >= 0.6 is 11.8 Å². The average molecular weight is 250 g/mol. The van der Waals surface area contributed by atoms with Gasteiger partial charge < -0.3 is 10.6 Å². The van der Waals surface area contributed by atoms with Crippen molar-refractivity contribution >= 4 is 23.4 Å². The second-order valence-corrected chi connectivity index (χ2v) is 6.02. The number of amides is 1. The van der Waals surface area contributed by atoms with E-state index in [9.17, 15) is 4.79 Å². The van der Waals surface area contributed by atoms with Gasteiger partial charge in [0.25, 0.3) is 0 Å². The fourth-order valence-corrected chi connectivity index (χ4v) is 3.39. The normalized spacial score (nSPS) is 19.1. The molecular formula is C13H18N2OS. The number of hydrogen-bond donors (Lipinski definition) is 1. The first kappa shape index (κ1) is 12.5. The molecule has 0 saturated heterocycles. The summed E-state index contributed by atoms with van der Waals surface area (Å²) in [6.07, 6.45) is 0. The summed E-state index contributed by atoms with van der Waals surface area (Å²) in [5, 5.41) is 0.416. The molecule has 1 aromatic rings. The molecule has 0 bridgehead atoms. The van der Waals surface area contributed by atoms with Gasteiger partial charge in [-0.2, -0.15) is 0 Å². The predicted molar refractivity (Wildman–Crippen MR) is 72.6 cm³/mol. The standard InChI is InChI=1S/C13H18N2OS/c1-8-4-9(2)13-11(5-8)15(12(16)6-14)7-10(3)17-13/h4-5,10H,6-7,14H2,1-3H3. The molecule has 1 unspecified atom stereocenters. The Morgan fingerprint density at radius 2 is 2.24 bits per heavy atom. The Bertz CT molecular complexity index is 459. The quantitative estimate of drug-likeness (QED) is 0.830. The molecule has 1 atom stereocenters. The van der Waals surface area contributed by atoms with Crippen LogP contribution < -0.4 is 10.6 Å². The fourth-order valence-electron chi connectivity index (χ4n) is 2.23. The Morgan fingerprint density at radius 3 is 2.88 bits per heavy atom. The molecule has 0 radical (unpaired) electrons. The lowest BCUT2D eigenvalue weighted by molar-refractivity contribution is -0.117. The molecule has 0 aliphatic carbocycles. The van der Waals surface area contributed by atoms with Crippen molar-refractivity contribution < 1.29 is 4.79 Å². The van der Waals surface area contributed by atoms with Crippen LogP contribution in [0.3, 0.4) is 0 Å². The summed E-state index contributed by atoms with van der Waals surface area (Å²) in [4.78, 5) is 14.9. The third kappa shape index (κ3) is 2.33. The Kier molecular flexibility index (Phi) is 3.45. The molecule has 17 heavy (non-hydrogen) atoms. The van der Waals surface area contributed by atoms with Crippen LogP contribution in [0.2, 0.25) is 0 Å². The molecule has 1 aromatic carbocycles. The molecule has 1 amide bonds. The van der Waals surface area contributed by atoms with Crippen LogP contribution in [0.25, 0.3) is 0 Å². The summed E-state index contributed by atoms with van der Waals surface area (Å²) < 4.78 is 0. The number of anilines is 1. The minimum atomic E-state index is 0.00315. The molecule has 2 rings (SSSR count). The monoisotopic (exact) mass is 250 g/mol. The van der Waals surface area contributed by atoms with E-state index in [1.807, 2.05) is 16.7 Å². The van der Waals surface area contributed by atoms with Gasteiger partial charge >= 0.3 is 0 Å². The third-order valence-electron chi connectivity index (χ3n) is 2.92. The molecule has 1 heterocycles. The largest absolute Gasteiger partial charge is 0.322 e.